The van der Waals surface area contributed by atoms with Crippen LogP contribution in [0.2, 0.25) is 5.02 Å². The van der Waals surface area contributed by atoms with Gasteiger partial charge in [0.05, 0.1) is 10.6 Å². The number of benzene rings is 3. The first-order chi connectivity index (χ1) is 18.1. The Labute approximate surface area is 230 Å². The number of nitrogens with zero attached hydrogens (tertiary/aromatic N) is 2. The molecule has 0 radical (unpaired) electrons. The smallest absolute Gasteiger partial charge is 0.264 e. The molecule has 0 heterocycles. The van der Waals surface area contributed by atoms with E-state index in [2.05, 4.69) is 5.32 Å². The third kappa shape index (κ3) is 7.58. The van der Waals surface area contributed by atoms with Crippen molar-refractivity contribution in [2.75, 3.05) is 17.4 Å². The van der Waals surface area contributed by atoms with E-state index in [1.807, 2.05) is 44.2 Å². The molecule has 0 aliphatic heterocycles. The summed E-state index contributed by atoms with van der Waals surface area (Å²) in [5, 5.41) is 3.27. The molecular formula is C29H34ClN3O4S. The summed E-state index contributed by atoms with van der Waals surface area (Å²) in [4.78, 5) is 28.3. The Balaban J connectivity index is 1.96. The highest BCUT2D eigenvalue weighted by molar-refractivity contribution is 7.92. The van der Waals surface area contributed by atoms with Gasteiger partial charge < -0.3 is 10.2 Å². The molecule has 0 aliphatic carbocycles. The first kappa shape index (κ1) is 29.2. The Kier molecular flexibility index (Phi) is 10.3. The molecule has 0 fully saturated rings. The summed E-state index contributed by atoms with van der Waals surface area (Å²) >= 11 is 6.19. The number of carbonyl (C=O) groups is 2. The van der Waals surface area contributed by atoms with E-state index in [-0.39, 0.29) is 29.1 Å². The average Bonchev–Trinajstić information content (AvgIpc) is 2.92. The second-order valence-corrected chi connectivity index (χ2v) is 11.4. The molecule has 3 aromatic rings. The second-order valence-electron chi connectivity index (χ2n) is 9.12. The molecule has 7 nitrogen and oxygen atoms in total. The highest BCUT2D eigenvalue weighted by atomic mass is 35.5. The van der Waals surface area contributed by atoms with E-state index in [9.17, 15) is 18.0 Å². The zero-order chi connectivity index (χ0) is 27.7. The molecule has 1 N–H and O–H groups in total. The number of halogens is 1. The lowest BCUT2D eigenvalue weighted by Crippen LogP contribution is -2.53. The lowest BCUT2D eigenvalue weighted by molar-refractivity contribution is -0.139. The van der Waals surface area contributed by atoms with Gasteiger partial charge in [-0.1, -0.05) is 73.1 Å². The molecule has 0 aliphatic rings. The van der Waals surface area contributed by atoms with Crippen molar-refractivity contribution in [2.24, 2.45) is 0 Å². The van der Waals surface area contributed by atoms with Gasteiger partial charge in [-0.3, -0.25) is 13.9 Å². The van der Waals surface area contributed by atoms with Gasteiger partial charge in [0.2, 0.25) is 11.8 Å². The van der Waals surface area contributed by atoms with Crippen molar-refractivity contribution in [3.05, 3.63) is 95.5 Å². The zero-order valence-corrected chi connectivity index (χ0v) is 23.5. The molecule has 2 atom stereocenters. The predicted molar refractivity (Wildman–Crippen MR) is 152 cm³/mol. The Morgan fingerprint density at radius 3 is 2.16 bits per heavy atom. The normalized spacial score (nSPS) is 12.8. The lowest BCUT2D eigenvalue weighted by atomic mass is 10.1. The van der Waals surface area contributed by atoms with E-state index in [1.54, 1.807) is 43.3 Å². The fourth-order valence-corrected chi connectivity index (χ4v) is 5.53. The summed E-state index contributed by atoms with van der Waals surface area (Å²) in [6.07, 6.45) is 1.25. The number of anilines is 1. The van der Waals surface area contributed by atoms with Gasteiger partial charge in [-0.2, -0.15) is 0 Å². The molecule has 2 unspecified atom stereocenters. The average molecular weight is 556 g/mol. The van der Waals surface area contributed by atoms with Crippen molar-refractivity contribution in [1.29, 1.82) is 0 Å². The van der Waals surface area contributed by atoms with E-state index in [4.69, 9.17) is 11.6 Å². The van der Waals surface area contributed by atoms with Crippen LogP contribution in [-0.4, -0.2) is 50.3 Å². The van der Waals surface area contributed by atoms with E-state index in [1.165, 1.54) is 23.1 Å². The van der Waals surface area contributed by atoms with Crippen LogP contribution >= 0.6 is 11.6 Å². The molecule has 9 heteroatoms. The molecule has 2 amide bonds. The van der Waals surface area contributed by atoms with Crippen LogP contribution in [0.5, 0.6) is 0 Å². The SMILES string of the molecule is CCC(C)NC(=O)C(C)N(CCc1ccccc1)C(=O)CN(c1cccc(Cl)c1)S(=O)(=O)c1ccccc1. The van der Waals surface area contributed by atoms with Gasteiger partial charge in [0.1, 0.15) is 12.6 Å². The van der Waals surface area contributed by atoms with Crippen molar-refractivity contribution < 1.29 is 18.0 Å². The highest BCUT2D eigenvalue weighted by Crippen LogP contribution is 2.26. The Morgan fingerprint density at radius 1 is 0.921 bits per heavy atom. The first-order valence-corrected chi connectivity index (χ1v) is 14.4. The van der Waals surface area contributed by atoms with E-state index in [0.717, 1.165) is 16.3 Å². The van der Waals surface area contributed by atoms with Crippen LogP contribution in [-0.2, 0) is 26.0 Å². The van der Waals surface area contributed by atoms with Gasteiger partial charge in [-0.15, -0.1) is 0 Å². The van der Waals surface area contributed by atoms with Crippen LogP contribution in [0, 0.1) is 0 Å². The second kappa shape index (κ2) is 13.4. The maximum atomic E-state index is 13.8. The monoisotopic (exact) mass is 555 g/mol. The third-order valence-corrected chi connectivity index (χ3v) is 8.38. The minimum Gasteiger partial charge on any atom is -0.352 e. The van der Waals surface area contributed by atoms with E-state index in [0.29, 0.717) is 11.4 Å². The summed E-state index contributed by atoms with van der Waals surface area (Å²) in [6.45, 7) is 5.27. The van der Waals surface area contributed by atoms with Crippen LogP contribution in [0.3, 0.4) is 0 Å². The van der Waals surface area contributed by atoms with Gasteiger partial charge >= 0.3 is 0 Å². The topological polar surface area (TPSA) is 86.8 Å². The van der Waals surface area contributed by atoms with Crippen LogP contribution < -0.4 is 9.62 Å². The summed E-state index contributed by atoms with van der Waals surface area (Å²) in [5.41, 5.74) is 1.26. The maximum absolute atomic E-state index is 13.8. The van der Waals surface area contributed by atoms with E-state index >= 15 is 0 Å². The summed E-state index contributed by atoms with van der Waals surface area (Å²) < 4.78 is 28.5. The standard InChI is InChI=1S/C29H34ClN3O4S/c1-4-22(2)31-29(35)23(3)32(19-18-24-12-7-5-8-13-24)28(34)21-33(26-15-11-14-25(30)20-26)38(36,37)27-16-9-6-10-17-27/h5-17,20,22-23H,4,18-19,21H2,1-3H3,(H,31,35). The summed E-state index contributed by atoms with van der Waals surface area (Å²) in [7, 11) is -4.11. The van der Waals surface area contributed by atoms with Gasteiger partial charge in [-0.05, 0) is 62.6 Å². The number of amides is 2. The van der Waals surface area contributed by atoms with Crippen molar-refractivity contribution in [2.45, 2.75) is 50.6 Å². The van der Waals surface area contributed by atoms with Crippen molar-refractivity contribution in [1.82, 2.24) is 10.2 Å². The molecule has 38 heavy (non-hydrogen) atoms. The molecule has 3 aromatic carbocycles. The predicted octanol–water partition coefficient (Wildman–Crippen LogP) is 4.91. The fourth-order valence-electron chi connectivity index (χ4n) is 3.92. The molecule has 0 saturated heterocycles. The number of nitrogens with one attached hydrogen (secondary N) is 1. The minimum absolute atomic E-state index is 0.0474. The van der Waals surface area contributed by atoms with Crippen LogP contribution in [0.25, 0.3) is 0 Å². The Hall–Kier alpha value is -3.36. The number of sulfonamides is 1. The van der Waals surface area contributed by atoms with Crippen LogP contribution in [0.1, 0.15) is 32.8 Å². The highest BCUT2D eigenvalue weighted by Gasteiger charge is 2.32. The van der Waals surface area contributed by atoms with E-state index < -0.39 is 28.5 Å². The third-order valence-electron chi connectivity index (χ3n) is 6.36. The molecule has 0 saturated carbocycles. The maximum Gasteiger partial charge on any atom is 0.264 e. The van der Waals surface area contributed by atoms with Crippen molar-refractivity contribution in [3.8, 4) is 0 Å². The molecule has 3 rings (SSSR count). The van der Waals surface area contributed by atoms with Gasteiger partial charge in [-0.25, -0.2) is 8.42 Å². The Bertz CT molecular complexity index is 1320. The number of carbonyl (C=O) groups excluding carboxylic acids is 2. The van der Waals surface area contributed by atoms with Gasteiger partial charge in [0, 0.05) is 17.6 Å². The van der Waals surface area contributed by atoms with Gasteiger partial charge in [0.15, 0.2) is 0 Å². The molecule has 0 spiro atoms. The largest absolute Gasteiger partial charge is 0.352 e. The Morgan fingerprint density at radius 2 is 1.55 bits per heavy atom. The minimum atomic E-state index is -4.11. The molecule has 0 aromatic heterocycles. The van der Waals surface area contributed by atoms with Crippen LogP contribution in [0.4, 0.5) is 5.69 Å². The van der Waals surface area contributed by atoms with Crippen molar-refractivity contribution >= 4 is 39.1 Å². The lowest BCUT2D eigenvalue weighted by Gasteiger charge is -2.32. The molecule has 202 valence electrons. The molecule has 0 bridgehead atoms. The van der Waals surface area contributed by atoms with Crippen molar-refractivity contribution in [3.63, 3.8) is 0 Å². The molecular weight excluding hydrogens is 522 g/mol. The number of rotatable bonds is 12. The number of hydrogen-bond donors (Lipinski definition) is 1. The van der Waals surface area contributed by atoms with Gasteiger partial charge in [0.25, 0.3) is 10.0 Å². The van der Waals surface area contributed by atoms with Crippen LogP contribution in [0.15, 0.2) is 89.8 Å². The summed E-state index contributed by atoms with van der Waals surface area (Å²) in [6, 6.07) is 23.0. The first-order valence-electron chi connectivity index (χ1n) is 12.6. The summed E-state index contributed by atoms with van der Waals surface area (Å²) in [5.74, 6) is -0.784. The fraction of sp³-hybridized carbons (Fsp3) is 0.310. The quantitative estimate of drug-likeness (QED) is 0.344. The number of hydrogen-bond acceptors (Lipinski definition) is 4. The zero-order valence-electron chi connectivity index (χ0n) is 21.9.